The Balaban J connectivity index is 1.91. The molecule has 0 unspecified atom stereocenters. The van der Waals surface area contributed by atoms with Crippen molar-refractivity contribution in [1.29, 1.82) is 0 Å². The van der Waals surface area contributed by atoms with Gasteiger partial charge in [-0.15, -0.1) is 0 Å². The Kier molecular flexibility index (Phi) is 8.42. The Morgan fingerprint density at radius 3 is 2.44 bits per heavy atom. The van der Waals surface area contributed by atoms with Crippen molar-refractivity contribution >= 4 is 33.2 Å². The third-order valence-corrected chi connectivity index (χ3v) is 6.73. The fourth-order valence-electron chi connectivity index (χ4n) is 3.61. The maximum Gasteiger partial charge on any atom is 0.232 e. The molecule has 0 aliphatic heterocycles. The number of carbonyl (C=O) groups excluding carboxylic acids is 1. The lowest BCUT2D eigenvalue weighted by Crippen LogP contribution is -2.36. The molecule has 1 aliphatic rings. The number of carbonyl (C=O) groups is 1. The Hall–Kier alpha value is -1.27. The van der Waals surface area contributed by atoms with Gasteiger partial charge in [0.15, 0.2) is 0 Å². The zero-order chi connectivity index (χ0) is 19.9. The number of anilines is 1. The van der Waals surface area contributed by atoms with Gasteiger partial charge in [-0.05, 0) is 43.9 Å². The molecule has 0 atom stereocenters. The summed E-state index contributed by atoms with van der Waals surface area (Å²) in [7, 11) is -3.45. The molecule has 1 fully saturated rings. The molecule has 1 saturated carbocycles. The molecule has 0 aromatic heterocycles. The van der Waals surface area contributed by atoms with Gasteiger partial charge in [-0.1, -0.05) is 49.8 Å². The second-order valence-corrected chi connectivity index (χ2v) is 9.75. The molecule has 1 aliphatic carbocycles. The molecule has 1 amide bonds. The minimum Gasteiger partial charge on any atom is -0.353 e. The molecule has 0 spiro atoms. The number of benzene rings is 1. The summed E-state index contributed by atoms with van der Waals surface area (Å²) in [6.07, 6.45) is 10.2. The third-order valence-electron chi connectivity index (χ3n) is 5.14. The first kappa shape index (κ1) is 22.0. The van der Waals surface area contributed by atoms with Crippen LogP contribution >= 0.6 is 11.6 Å². The minimum atomic E-state index is -3.45. The second-order valence-electron chi connectivity index (χ2n) is 7.43. The average molecular weight is 415 g/mol. The number of sulfonamides is 1. The number of nitrogens with one attached hydrogen (secondary N) is 1. The van der Waals surface area contributed by atoms with Crippen LogP contribution in [0.25, 0.3) is 0 Å². The zero-order valence-corrected chi connectivity index (χ0v) is 17.9. The molecule has 1 aromatic rings. The van der Waals surface area contributed by atoms with Gasteiger partial charge in [-0.25, -0.2) is 8.42 Å². The van der Waals surface area contributed by atoms with E-state index in [0.29, 0.717) is 23.6 Å². The van der Waals surface area contributed by atoms with Gasteiger partial charge in [0.05, 0.1) is 11.9 Å². The summed E-state index contributed by atoms with van der Waals surface area (Å²) in [5.41, 5.74) is 1.30. The maximum absolute atomic E-state index is 12.3. The van der Waals surface area contributed by atoms with E-state index in [2.05, 4.69) is 5.32 Å². The monoisotopic (exact) mass is 414 g/mol. The first-order valence-electron chi connectivity index (χ1n) is 9.81. The van der Waals surface area contributed by atoms with Crippen LogP contribution < -0.4 is 9.62 Å². The highest BCUT2D eigenvalue weighted by Crippen LogP contribution is 2.28. The zero-order valence-electron chi connectivity index (χ0n) is 16.3. The van der Waals surface area contributed by atoms with Crippen molar-refractivity contribution in [2.75, 3.05) is 17.1 Å². The molecule has 2 rings (SSSR count). The van der Waals surface area contributed by atoms with Gasteiger partial charge in [0, 0.05) is 24.0 Å². The Bertz CT molecular complexity index is 729. The van der Waals surface area contributed by atoms with E-state index in [9.17, 15) is 13.2 Å². The van der Waals surface area contributed by atoms with Gasteiger partial charge in [0.25, 0.3) is 0 Å². The quantitative estimate of drug-likeness (QED) is 0.717. The Morgan fingerprint density at radius 2 is 1.81 bits per heavy atom. The van der Waals surface area contributed by atoms with E-state index >= 15 is 0 Å². The molecular weight excluding hydrogens is 384 g/mol. The molecule has 1 N–H and O–H groups in total. The lowest BCUT2D eigenvalue weighted by atomic mass is 9.96. The van der Waals surface area contributed by atoms with Crippen molar-refractivity contribution in [1.82, 2.24) is 5.32 Å². The summed E-state index contributed by atoms with van der Waals surface area (Å²) in [5, 5.41) is 3.66. The van der Waals surface area contributed by atoms with E-state index in [1.54, 1.807) is 25.1 Å². The number of rotatable bonds is 7. The van der Waals surface area contributed by atoms with Crippen LogP contribution in [0.3, 0.4) is 0 Å². The summed E-state index contributed by atoms with van der Waals surface area (Å²) < 4.78 is 25.8. The van der Waals surface area contributed by atoms with Gasteiger partial charge in [-0.2, -0.15) is 0 Å². The summed E-state index contributed by atoms with van der Waals surface area (Å²) >= 11 is 6.14. The summed E-state index contributed by atoms with van der Waals surface area (Å²) in [5.74, 6) is 0.0110. The normalized spacial score (nSPS) is 16.4. The van der Waals surface area contributed by atoms with Crippen LogP contribution in [0.1, 0.15) is 63.4 Å². The molecule has 0 radical (unpaired) electrons. The smallest absolute Gasteiger partial charge is 0.232 e. The fraction of sp³-hybridized carbons (Fsp3) is 0.650. The van der Waals surface area contributed by atoms with Gasteiger partial charge in [-0.3, -0.25) is 9.10 Å². The minimum absolute atomic E-state index is 0.0110. The van der Waals surface area contributed by atoms with Crippen molar-refractivity contribution in [3.8, 4) is 0 Å². The first-order valence-corrected chi connectivity index (χ1v) is 12.0. The Morgan fingerprint density at radius 1 is 1.19 bits per heavy atom. The summed E-state index contributed by atoms with van der Waals surface area (Å²) in [6, 6.07) is 5.49. The fourth-order valence-corrected chi connectivity index (χ4v) is 4.80. The van der Waals surface area contributed by atoms with Crippen molar-refractivity contribution in [2.24, 2.45) is 0 Å². The predicted octanol–water partition coefficient (Wildman–Crippen LogP) is 4.42. The first-order chi connectivity index (χ1) is 12.8. The van der Waals surface area contributed by atoms with E-state index in [-0.39, 0.29) is 18.5 Å². The van der Waals surface area contributed by atoms with Crippen molar-refractivity contribution in [3.05, 3.63) is 28.8 Å². The van der Waals surface area contributed by atoms with Crippen LogP contribution in [0.5, 0.6) is 0 Å². The average Bonchev–Trinajstić information content (AvgIpc) is 2.56. The van der Waals surface area contributed by atoms with Crippen LogP contribution in [-0.2, 0) is 14.8 Å². The van der Waals surface area contributed by atoms with Crippen LogP contribution in [0, 0.1) is 6.92 Å². The molecule has 0 saturated heterocycles. The summed E-state index contributed by atoms with van der Waals surface area (Å²) in [6.45, 7) is 2.06. The van der Waals surface area contributed by atoms with Gasteiger partial charge < -0.3 is 5.32 Å². The topological polar surface area (TPSA) is 66.5 Å². The SMILES string of the molecule is Cc1c(Cl)cccc1N(CCCC(=O)NC1CCCCCCC1)S(C)(=O)=O. The van der Waals surface area contributed by atoms with Crippen LogP contribution in [-0.4, -0.2) is 33.2 Å². The van der Waals surface area contributed by atoms with Crippen molar-refractivity contribution in [3.63, 3.8) is 0 Å². The number of halogens is 1. The maximum atomic E-state index is 12.3. The standard InChI is InChI=1S/C20H31ClN2O3S/c1-16-18(21)12-8-13-19(16)23(27(2,25)26)15-9-14-20(24)22-17-10-6-4-3-5-7-11-17/h8,12-13,17H,3-7,9-11,14-15H2,1-2H3,(H,22,24). The van der Waals surface area contributed by atoms with E-state index in [4.69, 9.17) is 11.6 Å². The molecule has 0 heterocycles. The van der Waals surface area contributed by atoms with Gasteiger partial charge >= 0.3 is 0 Å². The lowest BCUT2D eigenvalue weighted by molar-refractivity contribution is -0.122. The number of hydrogen-bond donors (Lipinski definition) is 1. The van der Waals surface area contributed by atoms with Crippen molar-refractivity contribution in [2.45, 2.75) is 70.8 Å². The highest BCUT2D eigenvalue weighted by molar-refractivity contribution is 7.92. The van der Waals surface area contributed by atoms with E-state index in [0.717, 1.165) is 18.4 Å². The number of hydrogen-bond acceptors (Lipinski definition) is 3. The number of nitrogens with zero attached hydrogens (tertiary/aromatic N) is 1. The van der Waals surface area contributed by atoms with Gasteiger partial charge in [0.1, 0.15) is 0 Å². The second kappa shape index (κ2) is 10.3. The van der Waals surface area contributed by atoms with E-state index in [1.165, 1.54) is 42.7 Å². The lowest BCUT2D eigenvalue weighted by Gasteiger charge is -2.25. The molecule has 152 valence electrons. The highest BCUT2D eigenvalue weighted by Gasteiger charge is 2.21. The molecule has 1 aromatic carbocycles. The number of amides is 1. The molecule has 7 heteroatoms. The molecule has 0 bridgehead atoms. The molecule has 5 nitrogen and oxygen atoms in total. The largest absolute Gasteiger partial charge is 0.353 e. The van der Waals surface area contributed by atoms with Gasteiger partial charge in [0.2, 0.25) is 15.9 Å². The third kappa shape index (κ3) is 7.00. The predicted molar refractivity (Wildman–Crippen MR) is 112 cm³/mol. The van der Waals surface area contributed by atoms with Crippen LogP contribution in [0.15, 0.2) is 18.2 Å². The Labute approximate surface area is 168 Å². The van der Waals surface area contributed by atoms with Crippen LogP contribution in [0.2, 0.25) is 5.02 Å². The van der Waals surface area contributed by atoms with Crippen molar-refractivity contribution < 1.29 is 13.2 Å². The molecule has 27 heavy (non-hydrogen) atoms. The highest BCUT2D eigenvalue weighted by atomic mass is 35.5. The molecular formula is C20H31ClN2O3S. The summed E-state index contributed by atoms with van der Waals surface area (Å²) in [4.78, 5) is 12.3. The van der Waals surface area contributed by atoms with E-state index < -0.39 is 10.0 Å². The van der Waals surface area contributed by atoms with Crippen LogP contribution in [0.4, 0.5) is 5.69 Å². The van der Waals surface area contributed by atoms with E-state index in [1.807, 2.05) is 0 Å².